The topological polar surface area (TPSA) is 78.8 Å². The van der Waals surface area contributed by atoms with Crippen molar-refractivity contribution in [3.63, 3.8) is 0 Å². The van der Waals surface area contributed by atoms with Crippen LogP contribution in [0.5, 0.6) is 0 Å². The number of hydrogen-bond acceptors (Lipinski definition) is 4. The third kappa shape index (κ3) is 4.21. The lowest BCUT2D eigenvalue weighted by molar-refractivity contribution is -0.137. The van der Waals surface area contributed by atoms with Crippen molar-refractivity contribution in [2.45, 2.75) is 45.6 Å². The van der Waals surface area contributed by atoms with E-state index in [0.717, 1.165) is 42.0 Å². The lowest BCUT2D eigenvalue weighted by Gasteiger charge is -2.47. The van der Waals surface area contributed by atoms with Crippen molar-refractivity contribution in [2.75, 3.05) is 33.7 Å². The number of para-hydroxylation sites is 1. The normalized spacial score (nSPS) is 22.2. The molecule has 8 nitrogen and oxygen atoms in total. The highest BCUT2D eigenvalue weighted by Gasteiger charge is 2.41. The van der Waals surface area contributed by atoms with Crippen LogP contribution in [0, 0.1) is 19.8 Å². The summed E-state index contributed by atoms with van der Waals surface area (Å²) in [5, 5.41) is 4.68. The van der Waals surface area contributed by atoms with Crippen LogP contribution >= 0.6 is 0 Å². The van der Waals surface area contributed by atoms with E-state index in [1.165, 1.54) is 4.31 Å². The zero-order chi connectivity index (χ0) is 23.0. The zero-order valence-electron chi connectivity index (χ0n) is 19.4. The van der Waals surface area contributed by atoms with Crippen LogP contribution in [0.4, 0.5) is 0 Å². The molecule has 1 aromatic carbocycles. The number of hydrogen-bond donors (Lipinski definition) is 0. The number of benzene rings is 1. The third-order valence-electron chi connectivity index (χ3n) is 6.91. The van der Waals surface area contributed by atoms with Crippen LogP contribution in [0.3, 0.4) is 0 Å². The SMILES string of the molecule is Cc1nn(-c2ccccc2)c(C)c1CC(=O)N1CCC[C@H]2CN(S(=O)(=O)N(C)C)CC[C@H]21. The second-order valence-corrected chi connectivity index (χ2v) is 11.2. The first kappa shape index (κ1) is 22.9. The quantitative estimate of drug-likeness (QED) is 0.686. The summed E-state index contributed by atoms with van der Waals surface area (Å²) < 4.78 is 29.9. The van der Waals surface area contributed by atoms with E-state index in [0.29, 0.717) is 25.9 Å². The standard InChI is InChI=1S/C23H33N5O3S/c1-17-21(18(2)28(24-17)20-10-6-5-7-11-20)15-23(29)27-13-8-9-19-16-26(14-12-22(19)27)32(30,31)25(3)4/h5-7,10-11,19,22H,8-9,12-16H2,1-4H3/t19-,22+/m0/s1. The van der Waals surface area contributed by atoms with Gasteiger partial charge in [-0.3, -0.25) is 4.79 Å². The number of piperidine rings is 2. The number of nitrogens with zero attached hydrogens (tertiary/aromatic N) is 5. The number of rotatable bonds is 5. The van der Waals surface area contributed by atoms with Crippen molar-refractivity contribution in [1.29, 1.82) is 0 Å². The van der Waals surface area contributed by atoms with Crippen LogP contribution in [-0.2, 0) is 21.4 Å². The van der Waals surface area contributed by atoms with E-state index in [1.54, 1.807) is 18.4 Å². The molecule has 0 radical (unpaired) electrons. The number of carbonyl (C=O) groups is 1. The molecule has 2 atom stereocenters. The molecule has 0 bridgehead atoms. The second-order valence-electron chi connectivity index (χ2n) is 9.07. The molecule has 2 saturated heterocycles. The minimum Gasteiger partial charge on any atom is -0.339 e. The van der Waals surface area contributed by atoms with Gasteiger partial charge in [-0.1, -0.05) is 18.2 Å². The van der Waals surface area contributed by atoms with Gasteiger partial charge in [0.25, 0.3) is 10.2 Å². The van der Waals surface area contributed by atoms with Gasteiger partial charge >= 0.3 is 0 Å². The summed E-state index contributed by atoms with van der Waals surface area (Å²) in [7, 11) is -0.284. The Balaban J connectivity index is 1.50. The molecule has 32 heavy (non-hydrogen) atoms. The van der Waals surface area contributed by atoms with Crippen molar-refractivity contribution >= 4 is 16.1 Å². The maximum atomic E-state index is 13.4. The van der Waals surface area contributed by atoms with Crippen LogP contribution in [0.15, 0.2) is 30.3 Å². The van der Waals surface area contributed by atoms with E-state index in [9.17, 15) is 13.2 Å². The van der Waals surface area contributed by atoms with Crippen LogP contribution in [-0.4, -0.2) is 77.4 Å². The monoisotopic (exact) mass is 459 g/mol. The van der Waals surface area contributed by atoms with Gasteiger partial charge in [-0.2, -0.15) is 22.1 Å². The average molecular weight is 460 g/mol. The van der Waals surface area contributed by atoms with Crippen molar-refractivity contribution < 1.29 is 13.2 Å². The van der Waals surface area contributed by atoms with Crippen molar-refractivity contribution in [2.24, 2.45) is 5.92 Å². The highest BCUT2D eigenvalue weighted by atomic mass is 32.2. The highest BCUT2D eigenvalue weighted by Crippen LogP contribution is 2.33. The lowest BCUT2D eigenvalue weighted by Crippen LogP contribution is -2.58. The van der Waals surface area contributed by atoms with Gasteiger partial charge in [-0.05, 0) is 51.2 Å². The molecule has 0 spiro atoms. The third-order valence-corrected chi connectivity index (χ3v) is 8.82. The first-order chi connectivity index (χ1) is 15.2. The number of amides is 1. The highest BCUT2D eigenvalue weighted by molar-refractivity contribution is 7.86. The van der Waals surface area contributed by atoms with Gasteiger partial charge in [0.05, 0.1) is 17.8 Å². The Morgan fingerprint density at radius 1 is 1.12 bits per heavy atom. The van der Waals surface area contributed by atoms with Crippen molar-refractivity contribution in [1.82, 2.24) is 23.3 Å². The summed E-state index contributed by atoms with van der Waals surface area (Å²) in [6.07, 6.45) is 2.88. The minimum atomic E-state index is -3.42. The van der Waals surface area contributed by atoms with Crippen LogP contribution < -0.4 is 0 Å². The van der Waals surface area contributed by atoms with Gasteiger partial charge < -0.3 is 4.90 Å². The average Bonchev–Trinajstić information content (AvgIpc) is 3.07. The molecular formula is C23H33N5O3S. The molecule has 0 unspecified atom stereocenters. The molecule has 0 N–H and O–H groups in total. The summed E-state index contributed by atoms with van der Waals surface area (Å²) >= 11 is 0. The molecule has 174 valence electrons. The Morgan fingerprint density at radius 3 is 2.53 bits per heavy atom. The molecule has 2 aromatic rings. The molecule has 3 heterocycles. The lowest BCUT2D eigenvalue weighted by atomic mass is 9.84. The molecule has 9 heteroatoms. The summed E-state index contributed by atoms with van der Waals surface area (Å²) in [5.41, 5.74) is 3.83. The van der Waals surface area contributed by atoms with Gasteiger partial charge in [-0.25, -0.2) is 4.68 Å². The van der Waals surface area contributed by atoms with E-state index in [2.05, 4.69) is 5.10 Å². The van der Waals surface area contributed by atoms with E-state index in [-0.39, 0.29) is 17.9 Å². The molecule has 0 aliphatic carbocycles. The van der Waals surface area contributed by atoms with Crippen LogP contribution in [0.25, 0.3) is 5.69 Å². The summed E-state index contributed by atoms with van der Waals surface area (Å²) in [4.78, 5) is 15.4. The molecule has 0 saturated carbocycles. The number of aryl methyl sites for hydroxylation is 1. The first-order valence-corrected chi connectivity index (χ1v) is 12.7. The fourth-order valence-corrected chi connectivity index (χ4v) is 6.30. The van der Waals surface area contributed by atoms with E-state index >= 15 is 0 Å². The van der Waals surface area contributed by atoms with Gasteiger partial charge in [-0.15, -0.1) is 0 Å². The summed E-state index contributed by atoms with van der Waals surface area (Å²) in [5.74, 6) is 0.299. The van der Waals surface area contributed by atoms with Gasteiger partial charge in [0.15, 0.2) is 0 Å². The maximum Gasteiger partial charge on any atom is 0.281 e. The summed E-state index contributed by atoms with van der Waals surface area (Å²) in [6.45, 7) is 5.65. The van der Waals surface area contributed by atoms with Crippen molar-refractivity contribution in [3.05, 3.63) is 47.3 Å². The first-order valence-electron chi connectivity index (χ1n) is 11.3. The Labute approximate surface area is 191 Å². The van der Waals surface area contributed by atoms with E-state index in [4.69, 9.17) is 0 Å². The number of carbonyl (C=O) groups excluding carboxylic acids is 1. The molecule has 2 aliphatic heterocycles. The Bertz CT molecular complexity index is 1080. The summed E-state index contributed by atoms with van der Waals surface area (Å²) in [6, 6.07) is 10.1. The Hall–Kier alpha value is -2.23. The zero-order valence-corrected chi connectivity index (χ0v) is 20.2. The molecule has 1 aromatic heterocycles. The van der Waals surface area contributed by atoms with E-state index in [1.807, 2.05) is 53.8 Å². The van der Waals surface area contributed by atoms with Gasteiger partial charge in [0.1, 0.15) is 0 Å². The fourth-order valence-electron chi connectivity index (χ4n) is 5.12. The predicted molar refractivity (Wildman–Crippen MR) is 124 cm³/mol. The molecule has 4 rings (SSSR count). The fraction of sp³-hybridized carbons (Fsp3) is 0.565. The molecule has 1 amide bonds. The minimum absolute atomic E-state index is 0.106. The molecular weight excluding hydrogens is 426 g/mol. The number of likely N-dealkylation sites (tertiary alicyclic amines) is 1. The number of aromatic nitrogens is 2. The Kier molecular flexibility index (Phi) is 6.42. The predicted octanol–water partition coefficient (Wildman–Crippen LogP) is 2.15. The van der Waals surface area contributed by atoms with E-state index < -0.39 is 10.2 Å². The molecule has 2 aliphatic rings. The van der Waals surface area contributed by atoms with Crippen LogP contribution in [0.1, 0.15) is 36.2 Å². The van der Waals surface area contributed by atoms with Gasteiger partial charge in [0.2, 0.25) is 5.91 Å². The number of fused-ring (bicyclic) bond motifs is 1. The second kappa shape index (κ2) is 8.96. The smallest absolute Gasteiger partial charge is 0.281 e. The Morgan fingerprint density at radius 2 is 1.84 bits per heavy atom. The van der Waals surface area contributed by atoms with Gasteiger partial charge in [0, 0.05) is 51.0 Å². The largest absolute Gasteiger partial charge is 0.339 e. The maximum absolute atomic E-state index is 13.4. The van der Waals surface area contributed by atoms with Crippen molar-refractivity contribution in [3.8, 4) is 5.69 Å². The van der Waals surface area contributed by atoms with Crippen LogP contribution in [0.2, 0.25) is 0 Å². The molecule has 2 fully saturated rings.